The summed E-state index contributed by atoms with van der Waals surface area (Å²) in [7, 11) is -4.03. The molecule has 0 bridgehead atoms. The maximum absolute atomic E-state index is 15.7. The van der Waals surface area contributed by atoms with Gasteiger partial charge in [-0.05, 0) is 86.8 Å². The summed E-state index contributed by atoms with van der Waals surface area (Å²) in [5, 5.41) is 0. The Hall–Kier alpha value is -5.00. The first kappa shape index (κ1) is 43.6. The SMILES string of the molecule is COC(=O)/C(C)=C\CC12OC(C)(C)C(C)C13Oc1c(CC=C(C)C)c4c(c(OP(=O)(O)O)c1C1=C3C(C3=C(O1)c1ccccc1C3=O)C(C)C2=O)C=CC(C)(CCC=C(C)C)O4. The third-order valence-electron chi connectivity index (χ3n) is 13.6. The van der Waals surface area contributed by atoms with Gasteiger partial charge in [-0.2, -0.15) is 0 Å². The van der Waals surface area contributed by atoms with E-state index in [-0.39, 0.29) is 64.1 Å². The molecule has 1 spiro atoms. The number of methoxy groups -OCH3 is 1. The fourth-order valence-electron chi connectivity index (χ4n) is 10.4. The van der Waals surface area contributed by atoms with E-state index in [0.717, 1.165) is 11.1 Å². The number of carbonyl (C=O) groups excluding carboxylic acids is 3. The Morgan fingerprint density at radius 2 is 1.60 bits per heavy atom. The number of fused-ring (bicyclic) bond motifs is 6. The molecule has 62 heavy (non-hydrogen) atoms. The van der Waals surface area contributed by atoms with Crippen LogP contribution >= 0.6 is 7.82 Å². The highest BCUT2D eigenvalue weighted by Crippen LogP contribution is 2.71. The summed E-state index contributed by atoms with van der Waals surface area (Å²) < 4.78 is 52.9. The normalized spacial score (nSPS) is 28.6. The number of carbonyl (C=O) groups is 3. The van der Waals surface area contributed by atoms with Crippen LogP contribution in [0.25, 0.3) is 17.6 Å². The zero-order valence-electron chi connectivity index (χ0n) is 37.2. The Balaban J connectivity index is 1.52. The van der Waals surface area contributed by atoms with Crippen LogP contribution in [0.2, 0.25) is 0 Å². The van der Waals surface area contributed by atoms with E-state index < -0.39 is 53.9 Å². The predicted molar refractivity (Wildman–Crippen MR) is 233 cm³/mol. The average Bonchev–Trinajstić information content (AvgIpc) is 3.57. The highest BCUT2D eigenvalue weighted by molar-refractivity contribution is 7.46. The Labute approximate surface area is 362 Å². The molecule has 0 amide bonds. The molecule has 6 unspecified atom stereocenters. The van der Waals surface area contributed by atoms with Gasteiger partial charge in [0.2, 0.25) is 0 Å². The molecule has 2 fully saturated rings. The molecule has 12 nitrogen and oxygen atoms in total. The van der Waals surface area contributed by atoms with Crippen LogP contribution in [0.1, 0.15) is 121 Å². The van der Waals surface area contributed by atoms with E-state index in [1.807, 2.05) is 67.5 Å². The van der Waals surface area contributed by atoms with Gasteiger partial charge in [-0.1, -0.05) is 67.5 Å². The van der Waals surface area contributed by atoms with Gasteiger partial charge in [-0.15, -0.1) is 0 Å². The molecular formula is C49H55O12P. The number of esters is 1. The van der Waals surface area contributed by atoms with Crippen LogP contribution < -0.4 is 14.0 Å². The second-order valence-electron chi connectivity index (χ2n) is 18.7. The van der Waals surface area contributed by atoms with Crippen molar-refractivity contribution in [1.29, 1.82) is 0 Å². The van der Waals surface area contributed by atoms with E-state index in [1.165, 1.54) is 7.11 Å². The van der Waals surface area contributed by atoms with Crippen molar-refractivity contribution in [2.75, 3.05) is 7.11 Å². The highest BCUT2D eigenvalue weighted by Gasteiger charge is 2.79. The quantitative estimate of drug-likeness (QED) is 0.101. The van der Waals surface area contributed by atoms with Crippen LogP contribution in [-0.4, -0.2) is 56.8 Å². The fraction of sp³-hybridized carbons (Fsp3) is 0.449. The predicted octanol–water partition coefficient (Wildman–Crippen LogP) is 9.59. The number of rotatable bonds is 10. The molecule has 6 atom stereocenters. The molecule has 1 saturated carbocycles. The third-order valence-corrected chi connectivity index (χ3v) is 14.0. The number of ketones is 2. The smallest absolute Gasteiger partial charge is 0.482 e. The van der Waals surface area contributed by atoms with Gasteiger partial charge in [0.15, 0.2) is 28.5 Å². The molecule has 2 aliphatic carbocycles. The van der Waals surface area contributed by atoms with Gasteiger partial charge >= 0.3 is 13.8 Å². The van der Waals surface area contributed by atoms with Crippen molar-refractivity contribution in [1.82, 2.24) is 0 Å². The van der Waals surface area contributed by atoms with E-state index in [1.54, 1.807) is 50.3 Å². The molecule has 4 aliphatic heterocycles. The van der Waals surface area contributed by atoms with Crippen molar-refractivity contribution < 1.29 is 56.9 Å². The van der Waals surface area contributed by atoms with E-state index in [2.05, 4.69) is 6.08 Å². The Morgan fingerprint density at radius 3 is 2.24 bits per heavy atom. The van der Waals surface area contributed by atoms with Crippen molar-refractivity contribution in [3.63, 3.8) is 0 Å². The van der Waals surface area contributed by atoms with Gasteiger partial charge in [-0.25, -0.2) is 9.36 Å². The van der Waals surface area contributed by atoms with Gasteiger partial charge in [0.05, 0.1) is 23.8 Å². The molecule has 1 saturated heterocycles. The average molecular weight is 867 g/mol. The number of benzene rings is 2. The second-order valence-corrected chi connectivity index (χ2v) is 19.8. The maximum atomic E-state index is 15.7. The number of hydrogen-bond acceptors (Lipinski definition) is 10. The molecule has 0 radical (unpaired) electrons. The van der Waals surface area contributed by atoms with Gasteiger partial charge < -0.3 is 28.2 Å². The summed E-state index contributed by atoms with van der Waals surface area (Å²) in [6, 6.07) is 7.07. The van der Waals surface area contributed by atoms with E-state index in [4.69, 9.17) is 28.2 Å². The van der Waals surface area contributed by atoms with Crippen molar-refractivity contribution >= 4 is 43.0 Å². The summed E-state index contributed by atoms with van der Waals surface area (Å²) in [6.07, 6.45) is 10.8. The van der Waals surface area contributed by atoms with Crippen LogP contribution in [0.3, 0.4) is 0 Å². The van der Waals surface area contributed by atoms with E-state index >= 15 is 4.79 Å². The minimum Gasteiger partial charge on any atom is -0.482 e. The number of phosphoric acid groups is 1. The Kier molecular flexibility index (Phi) is 10.4. The molecule has 13 heteroatoms. The highest BCUT2D eigenvalue weighted by atomic mass is 31.2. The first-order valence-corrected chi connectivity index (χ1v) is 22.7. The fourth-order valence-corrected chi connectivity index (χ4v) is 10.9. The number of phosphoric ester groups is 1. The molecule has 328 valence electrons. The number of allylic oxidation sites excluding steroid dienone is 5. The van der Waals surface area contributed by atoms with Crippen LogP contribution in [-0.2, 0) is 34.8 Å². The number of hydrogen-bond donors (Lipinski definition) is 2. The summed E-state index contributed by atoms with van der Waals surface area (Å²) in [5.74, 6) is -3.06. The van der Waals surface area contributed by atoms with Gasteiger partial charge in [-0.3, -0.25) is 19.4 Å². The van der Waals surface area contributed by atoms with Gasteiger partial charge in [0.1, 0.15) is 34.2 Å². The Bertz CT molecular complexity index is 2590. The van der Waals surface area contributed by atoms with Crippen molar-refractivity contribution in [2.24, 2.45) is 17.8 Å². The number of ether oxygens (including phenoxy) is 5. The van der Waals surface area contributed by atoms with Crippen LogP contribution in [0.15, 0.2) is 76.4 Å². The lowest BCUT2D eigenvalue weighted by atomic mass is 9.52. The summed E-state index contributed by atoms with van der Waals surface area (Å²) >= 11 is 0. The summed E-state index contributed by atoms with van der Waals surface area (Å²) in [4.78, 5) is 64.6. The monoisotopic (exact) mass is 866 g/mol. The Morgan fingerprint density at radius 1 is 0.919 bits per heavy atom. The van der Waals surface area contributed by atoms with E-state index in [9.17, 15) is 23.9 Å². The standard InChI is InChI=1S/C49H55O12P/c1-25(2)15-14-22-47(10)23-21-33-39(58-47)32(19-18-26(3)4)41-36(42(33)60-62(53,54)55)43-37-34(35-38(50)30-16-12-13-17-31(30)40(35)57-43)28(6)44(51)48(24-20-27(5)45(52)56-11)49(37,59-41)29(7)46(8,9)61-48/h12-13,15-18,20-21,23,28-29,34H,14,19,22,24H2,1-11H3,(H2,53,54,55)/b27-20-. The van der Waals surface area contributed by atoms with Gasteiger partial charge in [0, 0.05) is 52.0 Å². The second kappa shape index (κ2) is 14.8. The maximum Gasteiger partial charge on any atom is 0.524 e. The van der Waals surface area contributed by atoms with Crippen LogP contribution in [0.4, 0.5) is 0 Å². The molecule has 2 aromatic rings. The first-order chi connectivity index (χ1) is 29.0. The zero-order chi connectivity index (χ0) is 45.1. The molecule has 2 aromatic carbocycles. The minimum absolute atomic E-state index is 0.119. The van der Waals surface area contributed by atoms with Crippen molar-refractivity contribution in [3.05, 3.63) is 104 Å². The lowest BCUT2D eigenvalue weighted by molar-refractivity contribution is -0.176. The molecule has 8 rings (SSSR count). The molecule has 4 heterocycles. The van der Waals surface area contributed by atoms with Crippen molar-refractivity contribution in [3.8, 4) is 17.2 Å². The van der Waals surface area contributed by atoms with Crippen LogP contribution in [0, 0.1) is 17.8 Å². The topological polar surface area (TPSA) is 164 Å². The zero-order valence-corrected chi connectivity index (χ0v) is 38.1. The van der Waals surface area contributed by atoms with E-state index in [0.29, 0.717) is 46.4 Å². The largest absolute Gasteiger partial charge is 0.524 e. The third kappa shape index (κ3) is 6.42. The minimum atomic E-state index is -5.31. The molecule has 6 aliphatic rings. The van der Waals surface area contributed by atoms with Crippen molar-refractivity contribution in [2.45, 2.75) is 117 Å². The van der Waals surface area contributed by atoms with Crippen LogP contribution in [0.5, 0.6) is 17.2 Å². The summed E-state index contributed by atoms with van der Waals surface area (Å²) in [6.45, 7) is 19.0. The van der Waals surface area contributed by atoms with Gasteiger partial charge in [0.25, 0.3) is 0 Å². The lowest BCUT2D eigenvalue weighted by Gasteiger charge is -2.57. The molecule has 0 aromatic heterocycles. The molecular weight excluding hydrogens is 812 g/mol. The molecule has 2 N–H and O–H groups in total. The first-order valence-electron chi connectivity index (χ1n) is 21.1. The summed E-state index contributed by atoms with van der Waals surface area (Å²) in [5.41, 5.74) is -0.487. The number of Topliss-reactive ketones (excluding diaryl/α,β-unsaturated/α-hetero) is 2. The lowest BCUT2D eigenvalue weighted by Crippen LogP contribution is -2.70.